The molecule has 0 radical (unpaired) electrons. The van der Waals surface area contributed by atoms with Crippen LogP contribution < -0.4 is 43.4 Å². The fourth-order valence-corrected chi connectivity index (χ4v) is 7.87. The highest BCUT2D eigenvalue weighted by Gasteiger charge is 2.41. The van der Waals surface area contributed by atoms with E-state index in [0.29, 0.717) is 23.3 Å². The van der Waals surface area contributed by atoms with Crippen molar-refractivity contribution in [1.82, 2.24) is 36.8 Å². The number of aromatic hydroxyl groups is 1. The average Bonchev–Trinajstić information content (AvgIpc) is 3.79. The smallest absolute Gasteiger partial charge is 0.326 e. The molecule has 1 fully saturated rings. The molecule has 13 N–H and O–H groups in total. The molecule has 68 heavy (non-hydrogen) atoms. The molecule has 0 spiro atoms. The molecule has 0 unspecified atom stereocenters. The van der Waals surface area contributed by atoms with Crippen molar-refractivity contribution in [2.45, 2.75) is 121 Å². The molecular formula is C46H67N9O12S. The fourth-order valence-electron chi connectivity index (χ4n) is 7.40. The van der Waals surface area contributed by atoms with Crippen molar-refractivity contribution in [2.24, 2.45) is 23.3 Å². The van der Waals surface area contributed by atoms with Crippen LogP contribution in [0, 0.1) is 11.8 Å². The van der Waals surface area contributed by atoms with Gasteiger partial charge in [-0.05, 0) is 79.2 Å². The van der Waals surface area contributed by atoms with Crippen molar-refractivity contribution in [2.75, 3.05) is 25.2 Å². The third-order valence-electron chi connectivity index (χ3n) is 11.3. The lowest BCUT2D eigenvalue weighted by molar-refractivity contribution is -0.144. The fraction of sp³-hybridized carbons (Fsp3) is 0.543. The van der Waals surface area contributed by atoms with Crippen LogP contribution in [0.2, 0.25) is 0 Å². The lowest BCUT2D eigenvalue weighted by atomic mass is 10.00. The Labute approximate surface area is 400 Å². The summed E-state index contributed by atoms with van der Waals surface area (Å²) in [7, 11) is 0. The minimum atomic E-state index is -1.57. The number of nitrogens with two attached hydrogens (primary N) is 2. The Morgan fingerprint density at radius 2 is 1.22 bits per heavy atom. The first kappa shape index (κ1) is 56.1. The molecule has 8 atom stereocenters. The number of aliphatic hydroxyl groups is 1. The van der Waals surface area contributed by atoms with Crippen molar-refractivity contribution in [1.29, 1.82) is 0 Å². The van der Waals surface area contributed by atoms with Gasteiger partial charge in [-0.15, -0.1) is 0 Å². The first-order chi connectivity index (χ1) is 32.2. The molecule has 0 saturated carbocycles. The number of benzene rings is 2. The number of carboxylic acid groups (broad SMARTS) is 1. The van der Waals surface area contributed by atoms with Gasteiger partial charge in [0, 0.05) is 19.4 Å². The standard InChI is InChI=1S/C46H67N9O12S/c1-25(2)37(53-41(61)31(17-18-36(48)58)50-40(60)32(19-21-68-5)49-39(59)30(47)22-28-13-15-29(57)16-14-28)45(65)55-20-9-12-35(55)44(64)51-33(23-27-10-7-6-8-11-27)42(62)52-34(24-56)43(63)54-38(26(3)4)46(66)67/h6-8,10-11,13-16,25-26,30-35,37-38,56-57H,9,12,17-24,47H2,1-5H3,(H2,48,58)(H,49,59)(H,50,60)(H,51,64)(H,52,62)(H,53,61)(H,54,63)(H,66,67)/t30-,31-,32-,33-,34-,35-,37-,38-/m0/s1. The van der Waals surface area contributed by atoms with Gasteiger partial charge in [0.25, 0.3) is 0 Å². The van der Waals surface area contributed by atoms with Gasteiger partial charge in [-0.25, -0.2) is 4.79 Å². The third-order valence-corrected chi connectivity index (χ3v) is 12.0. The SMILES string of the molecule is CSCC[C@H](NC(=O)[C@@H](N)Cc1ccc(O)cc1)C(=O)N[C@@H](CCC(N)=O)C(=O)N[C@H](C(=O)N1CCC[C@H]1C(=O)N[C@@H](Cc1ccccc1)C(=O)N[C@@H](CO)C(=O)N[C@H](C(=O)O)C(C)C)C(C)C. The Kier molecular flexibility index (Phi) is 22.7. The van der Waals surface area contributed by atoms with Crippen LogP contribution >= 0.6 is 11.8 Å². The molecule has 3 rings (SSSR count). The number of carbonyl (C=O) groups excluding carboxylic acids is 8. The Hall–Kier alpha value is -6.26. The Morgan fingerprint density at radius 1 is 0.691 bits per heavy atom. The van der Waals surface area contributed by atoms with Gasteiger partial charge in [0.05, 0.1) is 12.6 Å². The molecular weight excluding hydrogens is 903 g/mol. The first-order valence-electron chi connectivity index (χ1n) is 22.5. The number of thioether (sulfide) groups is 1. The quantitative estimate of drug-likeness (QED) is 0.0502. The van der Waals surface area contributed by atoms with Crippen LogP contribution in [0.15, 0.2) is 54.6 Å². The van der Waals surface area contributed by atoms with Gasteiger partial charge < -0.3 is 63.6 Å². The number of phenolic OH excluding ortho intramolecular Hbond substituents is 1. The number of likely N-dealkylation sites (tertiary alicyclic amines) is 1. The third kappa shape index (κ3) is 17.4. The Bertz CT molecular complexity index is 2060. The largest absolute Gasteiger partial charge is 0.508 e. The Morgan fingerprint density at radius 3 is 1.79 bits per heavy atom. The summed E-state index contributed by atoms with van der Waals surface area (Å²) in [5, 5.41) is 44.6. The number of carbonyl (C=O) groups is 9. The molecule has 8 amide bonds. The zero-order valence-electron chi connectivity index (χ0n) is 39.1. The van der Waals surface area contributed by atoms with E-state index in [9.17, 15) is 58.5 Å². The molecule has 0 aliphatic carbocycles. The zero-order valence-corrected chi connectivity index (χ0v) is 39.9. The van der Waals surface area contributed by atoms with E-state index in [-0.39, 0.29) is 50.8 Å². The predicted octanol–water partition coefficient (Wildman–Crippen LogP) is -1.19. The van der Waals surface area contributed by atoms with E-state index >= 15 is 0 Å². The van der Waals surface area contributed by atoms with Crippen molar-refractivity contribution in [3.05, 3.63) is 65.7 Å². The maximum absolute atomic E-state index is 14.4. The van der Waals surface area contributed by atoms with Gasteiger partial charge in [-0.3, -0.25) is 38.4 Å². The number of phenols is 1. The first-order valence-corrected chi connectivity index (χ1v) is 23.9. The minimum Gasteiger partial charge on any atom is -0.508 e. The second-order valence-corrected chi connectivity index (χ2v) is 18.4. The van der Waals surface area contributed by atoms with Gasteiger partial charge in [0.15, 0.2) is 0 Å². The van der Waals surface area contributed by atoms with Gasteiger partial charge >= 0.3 is 5.97 Å². The summed E-state index contributed by atoms with van der Waals surface area (Å²) in [6, 6.07) is 4.53. The number of hydrogen-bond donors (Lipinski definition) is 11. The number of aliphatic carboxylic acids is 1. The van der Waals surface area contributed by atoms with Crippen LogP contribution in [0.3, 0.4) is 0 Å². The van der Waals surface area contributed by atoms with E-state index in [1.54, 1.807) is 76.4 Å². The molecule has 374 valence electrons. The van der Waals surface area contributed by atoms with Crippen molar-refractivity contribution in [3.8, 4) is 5.75 Å². The van der Waals surface area contributed by atoms with Crippen LogP contribution in [0.1, 0.15) is 70.9 Å². The molecule has 21 nitrogen and oxygen atoms in total. The highest BCUT2D eigenvalue weighted by Crippen LogP contribution is 2.22. The molecule has 2 aromatic carbocycles. The van der Waals surface area contributed by atoms with E-state index in [1.165, 1.54) is 28.8 Å². The molecule has 1 saturated heterocycles. The summed E-state index contributed by atoms with van der Waals surface area (Å²) in [6.45, 7) is 5.69. The normalized spacial score (nSPS) is 16.5. The monoisotopic (exact) mass is 969 g/mol. The lowest BCUT2D eigenvalue weighted by Gasteiger charge is -2.32. The number of nitrogens with one attached hydrogen (secondary N) is 6. The average molecular weight is 970 g/mol. The summed E-state index contributed by atoms with van der Waals surface area (Å²) >= 11 is 1.41. The van der Waals surface area contributed by atoms with Crippen LogP contribution in [0.4, 0.5) is 0 Å². The lowest BCUT2D eigenvalue weighted by Crippen LogP contribution is -2.61. The van der Waals surface area contributed by atoms with E-state index < -0.39 is 120 Å². The number of primary amides is 1. The van der Waals surface area contributed by atoms with E-state index in [4.69, 9.17) is 11.5 Å². The molecule has 0 aromatic heterocycles. The predicted molar refractivity (Wildman–Crippen MR) is 252 cm³/mol. The highest BCUT2D eigenvalue weighted by atomic mass is 32.2. The summed E-state index contributed by atoms with van der Waals surface area (Å²) in [6.07, 6.45) is 1.96. The van der Waals surface area contributed by atoms with Gasteiger partial charge in [-0.1, -0.05) is 70.2 Å². The van der Waals surface area contributed by atoms with Crippen molar-refractivity contribution in [3.63, 3.8) is 0 Å². The maximum atomic E-state index is 14.4. The maximum Gasteiger partial charge on any atom is 0.326 e. The Balaban J connectivity index is 1.80. The van der Waals surface area contributed by atoms with Crippen LogP contribution in [-0.2, 0) is 56.0 Å². The zero-order chi connectivity index (χ0) is 50.7. The van der Waals surface area contributed by atoms with Gasteiger partial charge in [0.2, 0.25) is 47.3 Å². The number of aliphatic hydroxyl groups excluding tert-OH is 1. The molecule has 22 heteroatoms. The number of rotatable bonds is 27. The second-order valence-electron chi connectivity index (χ2n) is 17.4. The van der Waals surface area contributed by atoms with Crippen LogP contribution in [-0.4, -0.2) is 147 Å². The summed E-state index contributed by atoms with van der Waals surface area (Å²) in [5.74, 6) is -8.11. The van der Waals surface area contributed by atoms with Crippen LogP contribution in [0.25, 0.3) is 0 Å². The number of amides is 8. The van der Waals surface area contributed by atoms with Crippen molar-refractivity contribution < 1.29 is 58.5 Å². The summed E-state index contributed by atoms with van der Waals surface area (Å²) in [4.78, 5) is 121. The highest BCUT2D eigenvalue weighted by molar-refractivity contribution is 7.98. The van der Waals surface area contributed by atoms with Gasteiger partial charge in [-0.2, -0.15) is 11.8 Å². The van der Waals surface area contributed by atoms with E-state index in [1.807, 2.05) is 0 Å². The molecule has 1 aliphatic rings. The van der Waals surface area contributed by atoms with Gasteiger partial charge in [0.1, 0.15) is 48.0 Å². The second kappa shape index (κ2) is 27.5. The summed E-state index contributed by atoms with van der Waals surface area (Å²) < 4.78 is 0. The molecule has 1 heterocycles. The molecule has 2 aromatic rings. The molecule has 1 aliphatic heterocycles. The number of nitrogens with zero attached hydrogens (tertiary/aromatic N) is 1. The van der Waals surface area contributed by atoms with Crippen molar-refractivity contribution >= 4 is 65.0 Å². The van der Waals surface area contributed by atoms with E-state index in [0.717, 1.165) is 0 Å². The minimum absolute atomic E-state index is 0.0389. The number of carboxylic acids is 1. The summed E-state index contributed by atoms with van der Waals surface area (Å²) in [5.41, 5.74) is 12.9. The van der Waals surface area contributed by atoms with E-state index in [2.05, 4.69) is 31.9 Å². The molecule has 0 bridgehead atoms. The van der Waals surface area contributed by atoms with Crippen LogP contribution in [0.5, 0.6) is 5.75 Å². The number of hydrogen-bond acceptors (Lipinski definition) is 13. The topological polar surface area (TPSA) is 342 Å².